The van der Waals surface area contributed by atoms with Gasteiger partial charge in [0.15, 0.2) is 0 Å². The zero-order valence-corrected chi connectivity index (χ0v) is 15.8. The lowest BCUT2D eigenvalue weighted by Gasteiger charge is -2.39. The zero-order valence-electron chi connectivity index (χ0n) is 15.8. The van der Waals surface area contributed by atoms with Gasteiger partial charge in [0.1, 0.15) is 0 Å². The summed E-state index contributed by atoms with van der Waals surface area (Å²) in [6.07, 6.45) is 10.5. The molecule has 1 aromatic rings. The van der Waals surface area contributed by atoms with Gasteiger partial charge in [-0.25, -0.2) is 9.97 Å². The Morgan fingerprint density at radius 2 is 1.81 bits per heavy atom. The highest BCUT2D eigenvalue weighted by atomic mass is 16.3. The highest BCUT2D eigenvalue weighted by Crippen LogP contribution is 2.25. The number of hydrogen-bond acceptors (Lipinski definition) is 6. The van der Waals surface area contributed by atoms with Crippen molar-refractivity contribution in [2.75, 3.05) is 51.7 Å². The van der Waals surface area contributed by atoms with E-state index in [4.69, 9.17) is 0 Å². The van der Waals surface area contributed by atoms with E-state index in [9.17, 15) is 9.90 Å². The smallest absolute Gasteiger partial charge is 0.246 e. The van der Waals surface area contributed by atoms with Crippen LogP contribution in [0.15, 0.2) is 18.5 Å². The standard InChI is InChI=1S/C19H29N5O2/c1-22(2)18-20-13-16(14-21-18)5-6-17(25)24-11-7-19(26,8-12-24)15-23-9-3-4-10-23/h5-6,13-14,26H,3-4,7-12,15H2,1-2H3. The predicted octanol–water partition coefficient (Wildman–Crippen LogP) is 1.01. The van der Waals surface area contributed by atoms with Crippen LogP contribution in [-0.4, -0.2) is 83.2 Å². The van der Waals surface area contributed by atoms with Crippen molar-refractivity contribution in [3.8, 4) is 0 Å². The molecule has 3 rings (SSSR count). The molecule has 0 atom stereocenters. The van der Waals surface area contributed by atoms with Gasteiger partial charge >= 0.3 is 0 Å². The van der Waals surface area contributed by atoms with Crippen LogP contribution >= 0.6 is 0 Å². The molecular weight excluding hydrogens is 330 g/mol. The fourth-order valence-electron chi connectivity index (χ4n) is 3.58. The molecule has 0 aliphatic carbocycles. The third-order valence-corrected chi connectivity index (χ3v) is 5.20. The highest BCUT2D eigenvalue weighted by Gasteiger charge is 2.35. The quantitative estimate of drug-likeness (QED) is 0.791. The maximum Gasteiger partial charge on any atom is 0.246 e. The van der Waals surface area contributed by atoms with E-state index in [0.29, 0.717) is 31.9 Å². The SMILES string of the molecule is CN(C)c1ncc(C=CC(=O)N2CCC(O)(CN3CCCC3)CC2)cn1. The summed E-state index contributed by atoms with van der Waals surface area (Å²) in [4.78, 5) is 26.9. The number of amides is 1. The lowest BCUT2D eigenvalue weighted by Crippen LogP contribution is -2.51. The predicted molar refractivity (Wildman–Crippen MR) is 102 cm³/mol. The van der Waals surface area contributed by atoms with Gasteiger partial charge in [0.2, 0.25) is 11.9 Å². The maximum absolute atomic E-state index is 12.4. The van der Waals surface area contributed by atoms with Crippen LogP contribution in [0.2, 0.25) is 0 Å². The summed E-state index contributed by atoms with van der Waals surface area (Å²) in [6, 6.07) is 0. The molecule has 0 spiro atoms. The molecule has 1 aromatic heterocycles. The molecule has 3 heterocycles. The highest BCUT2D eigenvalue weighted by molar-refractivity contribution is 5.91. The number of aromatic nitrogens is 2. The van der Waals surface area contributed by atoms with Crippen molar-refractivity contribution < 1.29 is 9.90 Å². The Labute approximate surface area is 155 Å². The van der Waals surface area contributed by atoms with E-state index in [1.54, 1.807) is 24.5 Å². The zero-order chi connectivity index (χ0) is 18.6. The van der Waals surface area contributed by atoms with Gasteiger partial charge in [-0.15, -0.1) is 0 Å². The summed E-state index contributed by atoms with van der Waals surface area (Å²) in [5.74, 6) is 0.617. The van der Waals surface area contributed by atoms with Crippen molar-refractivity contribution in [1.82, 2.24) is 19.8 Å². The van der Waals surface area contributed by atoms with Gasteiger partial charge in [0.25, 0.3) is 0 Å². The molecule has 7 heteroatoms. The minimum absolute atomic E-state index is 0.0232. The minimum atomic E-state index is -0.652. The summed E-state index contributed by atoms with van der Waals surface area (Å²) >= 11 is 0. The molecule has 2 aliphatic rings. The van der Waals surface area contributed by atoms with Gasteiger partial charge in [0, 0.05) is 57.8 Å². The van der Waals surface area contributed by atoms with Crippen molar-refractivity contribution in [2.45, 2.75) is 31.3 Å². The molecule has 7 nitrogen and oxygen atoms in total. The van der Waals surface area contributed by atoms with Crippen LogP contribution in [0.25, 0.3) is 6.08 Å². The second-order valence-electron chi connectivity index (χ2n) is 7.58. The van der Waals surface area contributed by atoms with Crippen LogP contribution in [-0.2, 0) is 4.79 Å². The fourth-order valence-corrected chi connectivity index (χ4v) is 3.58. The first kappa shape index (κ1) is 18.8. The molecule has 1 amide bonds. The molecule has 2 saturated heterocycles. The molecule has 1 N–H and O–H groups in total. The minimum Gasteiger partial charge on any atom is -0.388 e. The van der Waals surface area contributed by atoms with Crippen molar-refractivity contribution in [3.05, 3.63) is 24.0 Å². The first-order valence-electron chi connectivity index (χ1n) is 9.36. The van der Waals surface area contributed by atoms with E-state index in [-0.39, 0.29) is 5.91 Å². The molecule has 142 valence electrons. The molecule has 2 aliphatic heterocycles. The van der Waals surface area contributed by atoms with Gasteiger partial charge in [-0.3, -0.25) is 4.79 Å². The van der Waals surface area contributed by atoms with Crippen LogP contribution in [0, 0.1) is 0 Å². The number of likely N-dealkylation sites (tertiary alicyclic amines) is 2. The molecule has 0 aromatic carbocycles. The Bertz CT molecular complexity index is 630. The second kappa shape index (κ2) is 8.14. The lowest BCUT2D eigenvalue weighted by atomic mass is 9.90. The first-order valence-corrected chi connectivity index (χ1v) is 9.36. The van der Waals surface area contributed by atoms with Crippen LogP contribution in [0.1, 0.15) is 31.2 Å². The first-order chi connectivity index (χ1) is 12.5. The number of hydrogen-bond donors (Lipinski definition) is 1. The number of carbonyl (C=O) groups excluding carboxylic acids is 1. The van der Waals surface area contributed by atoms with E-state index < -0.39 is 5.60 Å². The monoisotopic (exact) mass is 359 g/mol. The number of aliphatic hydroxyl groups is 1. The normalized spacial score (nSPS) is 20.7. The second-order valence-corrected chi connectivity index (χ2v) is 7.58. The van der Waals surface area contributed by atoms with Crippen LogP contribution in [0.4, 0.5) is 5.95 Å². The van der Waals surface area contributed by atoms with E-state index >= 15 is 0 Å². The Balaban J connectivity index is 1.49. The van der Waals surface area contributed by atoms with Crippen molar-refractivity contribution >= 4 is 17.9 Å². The largest absolute Gasteiger partial charge is 0.388 e. The molecule has 0 bridgehead atoms. The summed E-state index contributed by atoms with van der Waals surface area (Å²) in [5, 5.41) is 10.8. The Morgan fingerprint density at radius 1 is 1.19 bits per heavy atom. The van der Waals surface area contributed by atoms with E-state index in [1.165, 1.54) is 12.8 Å². The van der Waals surface area contributed by atoms with Gasteiger partial charge in [-0.1, -0.05) is 0 Å². The Hall–Kier alpha value is -1.99. The van der Waals surface area contributed by atoms with E-state index in [1.807, 2.05) is 23.9 Å². The van der Waals surface area contributed by atoms with Gasteiger partial charge in [0.05, 0.1) is 5.60 Å². The Kier molecular flexibility index (Phi) is 5.88. The third kappa shape index (κ3) is 4.80. The number of nitrogens with zero attached hydrogens (tertiary/aromatic N) is 5. The molecule has 0 saturated carbocycles. The molecule has 0 radical (unpaired) electrons. The fraction of sp³-hybridized carbons (Fsp3) is 0.632. The molecule has 0 unspecified atom stereocenters. The number of anilines is 1. The summed E-state index contributed by atoms with van der Waals surface area (Å²) in [6.45, 7) is 4.11. The number of piperidine rings is 1. The van der Waals surface area contributed by atoms with E-state index in [2.05, 4.69) is 14.9 Å². The molecular formula is C19H29N5O2. The average molecular weight is 359 g/mol. The lowest BCUT2D eigenvalue weighted by molar-refractivity contribution is -0.130. The van der Waals surface area contributed by atoms with Crippen molar-refractivity contribution in [2.24, 2.45) is 0 Å². The van der Waals surface area contributed by atoms with E-state index in [0.717, 1.165) is 25.2 Å². The number of β-amino-alcohol motifs (C(OH)–C–C–N with tert-alkyl or cyclic N) is 1. The number of rotatable bonds is 5. The van der Waals surface area contributed by atoms with Gasteiger partial charge in [-0.05, 0) is 44.8 Å². The van der Waals surface area contributed by atoms with Crippen molar-refractivity contribution in [1.29, 1.82) is 0 Å². The van der Waals surface area contributed by atoms with Crippen LogP contribution in [0.3, 0.4) is 0 Å². The van der Waals surface area contributed by atoms with Crippen LogP contribution in [0.5, 0.6) is 0 Å². The average Bonchev–Trinajstić information content (AvgIpc) is 3.13. The Morgan fingerprint density at radius 3 is 2.38 bits per heavy atom. The van der Waals surface area contributed by atoms with Crippen molar-refractivity contribution in [3.63, 3.8) is 0 Å². The number of carbonyl (C=O) groups is 1. The summed E-state index contributed by atoms with van der Waals surface area (Å²) < 4.78 is 0. The van der Waals surface area contributed by atoms with Gasteiger partial charge < -0.3 is 19.8 Å². The van der Waals surface area contributed by atoms with Gasteiger partial charge in [-0.2, -0.15) is 0 Å². The topological polar surface area (TPSA) is 72.8 Å². The summed E-state index contributed by atoms with van der Waals surface area (Å²) in [5.41, 5.74) is 0.146. The molecule has 26 heavy (non-hydrogen) atoms. The van der Waals surface area contributed by atoms with Crippen LogP contribution < -0.4 is 4.90 Å². The summed E-state index contributed by atoms with van der Waals surface area (Å²) in [7, 11) is 3.77. The molecule has 2 fully saturated rings. The third-order valence-electron chi connectivity index (χ3n) is 5.20. The maximum atomic E-state index is 12.4.